The highest BCUT2D eigenvalue weighted by Gasteiger charge is 2.12. The van der Waals surface area contributed by atoms with Crippen molar-refractivity contribution in [2.75, 3.05) is 11.4 Å². The van der Waals surface area contributed by atoms with Crippen molar-refractivity contribution < 1.29 is 10.0 Å². The summed E-state index contributed by atoms with van der Waals surface area (Å²) in [6.45, 7) is 0.877. The van der Waals surface area contributed by atoms with E-state index in [-0.39, 0.29) is 5.91 Å². The Labute approximate surface area is 140 Å². The second-order valence-electron chi connectivity index (χ2n) is 5.21. The summed E-state index contributed by atoms with van der Waals surface area (Å²) in [7, 11) is 0. The van der Waals surface area contributed by atoms with Crippen molar-refractivity contribution >= 4 is 28.2 Å². The van der Waals surface area contributed by atoms with E-state index in [9.17, 15) is 4.79 Å². The van der Waals surface area contributed by atoms with E-state index in [4.69, 9.17) is 5.21 Å². The number of pyridine rings is 1. The van der Waals surface area contributed by atoms with E-state index in [0.717, 1.165) is 49.6 Å². The van der Waals surface area contributed by atoms with Gasteiger partial charge in [-0.1, -0.05) is 25.3 Å². The molecule has 0 saturated carbocycles. The minimum absolute atomic E-state index is 0.310. The largest absolute Gasteiger partial charge is 0.302 e. The highest BCUT2D eigenvalue weighted by atomic mass is 32.1. The van der Waals surface area contributed by atoms with Crippen LogP contribution in [0.25, 0.3) is 0 Å². The van der Waals surface area contributed by atoms with Gasteiger partial charge in [0.2, 0.25) is 5.91 Å². The molecule has 0 spiro atoms. The molecule has 7 heteroatoms. The van der Waals surface area contributed by atoms with Gasteiger partial charge >= 0.3 is 0 Å². The molecule has 2 heterocycles. The molecule has 2 rings (SSSR count). The van der Waals surface area contributed by atoms with E-state index in [1.165, 1.54) is 0 Å². The van der Waals surface area contributed by atoms with Crippen LogP contribution in [-0.2, 0) is 4.79 Å². The molecule has 2 N–H and O–H groups in total. The van der Waals surface area contributed by atoms with Crippen LogP contribution in [0.4, 0.5) is 10.9 Å². The van der Waals surface area contributed by atoms with Crippen LogP contribution in [-0.4, -0.2) is 27.6 Å². The third kappa shape index (κ3) is 5.96. The maximum Gasteiger partial charge on any atom is 0.243 e. The topological polar surface area (TPSA) is 78.4 Å². The molecule has 0 unspecified atom stereocenters. The third-order valence-corrected chi connectivity index (χ3v) is 4.28. The molecule has 0 fully saturated rings. The number of nitrogens with zero attached hydrogens (tertiary/aromatic N) is 3. The molecule has 2 aromatic heterocycles. The Balaban J connectivity index is 1.74. The molecule has 23 heavy (non-hydrogen) atoms. The van der Waals surface area contributed by atoms with E-state index >= 15 is 0 Å². The van der Waals surface area contributed by atoms with Gasteiger partial charge in [-0.15, -0.1) is 11.3 Å². The predicted molar refractivity (Wildman–Crippen MR) is 91.0 cm³/mol. The molecular formula is C16H22N4O2S. The standard InChI is InChI=1S/C16H22N4O2S/c21-15(19-22)9-4-2-1-3-7-12-20(16-18-11-13-23-16)14-8-5-6-10-17-14/h5-6,8,10-11,13,22H,1-4,7,9,12H2,(H,19,21). The van der Waals surface area contributed by atoms with E-state index in [0.29, 0.717) is 6.42 Å². The fourth-order valence-electron chi connectivity index (χ4n) is 2.31. The molecule has 0 aliphatic rings. The van der Waals surface area contributed by atoms with Crippen molar-refractivity contribution in [3.05, 3.63) is 36.0 Å². The zero-order chi connectivity index (χ0) is 16.3. The number of hydrogen-bond donors (Lipinski definition) is 2. The minimum Gasteiger partial charge on any atom is -0.302 e. The van der Waals surface area contributed by atoms with E-state index in [1.54, 1.807) is 23.0 Å². The maximum absolute atomic E-state index is 10.9. The summed E-state index contributed by atoms with van der Waals surface area (Å²) in [6, 6.07) is 5.89. The number of amides is 1. The first-order valence-corrected chi connectivity index (χ1v) is 8.70. The van der Waals surface area contributed by atoms with Gasteiger partial charge in [0.1, 0.15) is 5.82 Å². The summed E-state index contributed by atoms with van der Waals surface area (Å²) in [4.78, 5) is 21.8. The number of aromatic nitrogens is 2. The first-order chi connectivity index (χ1) is 11.3. The highest BCUT2D eigenvalue weighted by molar-refractivity contribution is 7.13. The van der Waals surface area contributed by atoms with Crippen LogP contribution in [0.3, 0.4) is 0 Å². The number of anilines is 2. The first kappa shape index (κ1) is 17.4. The van der Waals surface area contributed by atoms with Crippen molar-refractivity contribution in [1.82, 2.24) is 15.4 Å². The Morgan fingerprint density at radius 1 is 1.13 bits per heavy atom. The number of rotatable bonds is 10. The number of hydroxylamine groups is 1. The molecule has 0 atom stereocenters. The lowest BCUT2D eigenvalue weighted by molar-refractivity contribution is -0.129. The Hall–Kier alpha value is -1.99. The fraction of sp³-hybridized carbons (Fsp3) is 0.438. The summed E-state index contributed by atoms with van der Waals surface area (Å²) in [5.74, 6) is 0.608. The second kappa shape index (κ2) is 9.91. The van der Waals surface area contributed by atoms with Gasteiger partial charge in [-0.25, -0.2) is 15.4 Å². The number of carbonyl (C=O) groups is 1. The van der Waals surface area contributed by atoms with Crippen molar-refractivity contribution in [2.45, 2.75) is 38.5 Å². The van der Waals surface area contributed by atoms with Gasteiger partial charge in [0.15, 0.2) is 5.13 Å². The van der Waals surface area contributed by atoms with Gasteiger partial charge in [0.25, 0.3) is 0 Å². The van der Waals surface area contributed by atoms with Crippen LogP contribution in [0.1, 0.15) is 38.5 Å². The van der Waals surface area contributed by atoms with Gasteiger partial charge in [-0.3, -0.25) is 10.0 Å². The summed E-state index contributed by atoms with van der Waals surface area (Å²) >= 11 is 1.61. The number of nitrogens with one attached hydrogen (secondary N) is 1. The number of thiazole rings is 1. The van der Waals surface area contributed by atoms with Crippen LogP contribution < -0.4 is 10.4 Å². The molecule has 2 aromatic rings. The molecule has 0 saturated heterocycles. The molecule has 0 aliphatic heterocycles. The zero-order valence-electron chi connectivity index (χ0n) is 13.0. The monoisotopic (exact) mass is 334 g/mol. The summed E-state index contributed by atoms with van der Waals surface area (Å²) < 4.78 is 0. The predicted octanol–water partition coefficient (Wildman–Crippen LogP) is 3.52. The molecule has 1 amide bonds. The van der Waals surface area contributed by atoms with Gasteiger partial charge in [0, 0.05) is 30.7 Å². The normalized spacial score (nSPS) is 10.5. The van der Waals surface area contributed by atoms with E-state index in [1.807, 2.05) is 29.8 Å². The van der Waals surface area contributed by atoms with Gasteiger partial charge in [-0.2, -0.15) is 0 Å². The summed E-state index contributed by atoms with van der Waals surface area (Å²) in [6.07, 6.45) is 9.00. The van der Waals surface area contributed by atoms with Crippen molar-refractivity contribution in [3.63, 3.8) is 0 Å². The molecule has 0 aliphatic carbocycles. The Kier molecular flexibility index (Phi) is 7.48. The molecule has 124 valence electrons. The maximum atomic E-state index is 10.9. The SMILES string of the molecule is O=C(CCCCCCCN(c1ccccn1)c1nccs1)NO. The molecule has 0 radical (unpaired) electrons. The van der Waals surface area contributed by atoms with Crippen molar-refractivity contribution in [3.8, 4) is 0 Å². The van der Waals surface area contributed by atoms with E-state index in [2.05, 4.69) is 14.9 Å². The highest BCUT2D eigenvalue weighted by Crippen LogP contribution is 2.25. The summed E-state index contributed by atoms with van der Waals surface area (Å²) in [5.41, 5.74) is 1.66. The zero-order valence-corrected chi connectivity index (χ0v) is 13.8. The van der Waals surface area contributed by atoms with Crippen LogP contribution in [0.2, 0.25) is 0 Å². The Morgan fingerprint density at radius 2 is 1.96 bits per heavy atom. The van der Waals surface area contributed by atoms with Gasteiger partial charge < -0.3 is 4.90 Å². The van der Waals surface area contributed by atoms with Crippen LogP contribution in [0.5, 0.6) is 0 Å². The minimum atomic E-state index is -0.310. The Bertz CT molecular complexity index is 563. The van der Waals surface area contributed by atoms with Crippen LogP contribution in [0, 0.1) is 0 Å². The summed E-state index contributed by atoms with van der Waals surface area (Å²) in [5, 5.41) is 11.4. The van der Waals surface area contributed by atoms with Crippen LogP contribution >= 0.6 is 11.3 Å². The average Bonchev–Trinajstić information content (AvgIpc) is 3.12. The lowest BCUT2D eigenvalue weighted by atomic mass is 10.1. The number of hydrogen-bond acceptors (Lipinski definition) is 6. The van der Waals surface area contributed by atoms with Crippen molar-refractivity contribution in [2.24, 2.45) is 0 Å². The number of carbonyl (C=O) groups excluding carboxylic acids is 1. The quantitative estimate of drug-likeness (QED) is 0.395. The molecule has 0 bridgehead atoms. The van der Waals surface area contributed by atoms with E-state index < -0.39 is 0 Å². The van der Waals surface area contributed by atoms with Gasteiger partial charge in [-0.05, 0) is 25.0 Å². The number of unbranched alkanes of at least 4 members (excludes halogenated alkanes) is 4. The van der Waals surface area contributed by atoms with Crippen molar-refractivity contribution in [1.29, 1.82) is 0 Å². The molecular weight excluding hydrogens is 312 g/mol. The molecule has 6 nitrogen and oxygen atoms in total. The first-order valence-electron chi connectivity index (χ1n) is 7.82. The second-order valence-corrected chi connectivity index (χ2v) is 6.08. The molecule has 0 aromatic carbocycles. The smallest absolute Gasteiger partial charge is 0.243 e. The fourth-order valence-corrected chi connectivity index (χ4v) is 2.99. The van der Waals surface area contributed by atoms with Crippen LogP contribution in [0.15, 0.2) is 36.0 Å². The average molecular weight is 334 g/mol. The Morgan fingerprint density at radius 3 is 2.65 bits per heavy atom. The van der Waals surface area contributed by atoms with Gasteiger partial charge in [0.05, 0.1) is 0 Å². The lowest BCUT2D eigenvalue weighted by Gasteiger charge is -2.20. The lowest BCUT2D eigenvalue weighted by Crippen LogP contribution is -2.19. The third-order valence-electron chi connectivity index (χ3n) is 3.49.